The van der Waals surface area contributed by atoms with Gasteiger partial charge in [0.15, 0.2) is 6.04 Å². The molecule has 35 heavy (non-hydrogen) atoms. The summed E-state index contributed by atoms with van der Waals surface area (Å²) in [6.45, 7) is 2.85. The summed E-state index contributed by atoms with van der Waals surface area (Å²) >= 11 is 3.31. The number of carbonyl (C=O) groups excluding carboxylic acids is 1. The third-order valence-corrected chi connectivity index (χ3v) is 5.48. The van der Waals surface area contributed by atoms with Crippen molar-refractivity contribution in [3.63, 3.8) is 0 Å². The second kappa shape index (κ2) is 11.0. The highest BCUT2D eigenvalue weighted by Gasteiger charge is 2.47. The summed E-state index contributed by atoms with van der Waals surface area (Å²) in [4.78, 5) is 21.6. The minimum atomic E-state index is -4.84. The molecule has 0 aliphatic rings. The van der Waals surface area contributed by atoms with Crippen LogP contribution in [0.5, 0.6) is 0 Å². The molecule has 2 N–H and O–H groups in total. The molecule has 2 atom stereocenters. The lowest BCUT2D eigenvalue weighted by Crippen LogP contribution is -2.49. The molecule has 12 heteroatoms. The van der Waals surface area contributed by atoms with Crippen molar-refractivity contribution >= 4 is 21.8 Å². The molecule has 0 radical (unpaired) electrons. The summed E-state index contributed by atoms with van der Waals surface area (Å²) in [5, 5.41) is 13.0. The maximum atomic E-state index is 14.1. The monoisotopic (exact) mass is 550 g/mol. The standard InChI is InChI=1S/C23H22BrF3N6O2/c1-13(2)9-18(29)22(34)33(8-7-28)19(23(25,26)27)14-3-5-15(6-4-14)21-31-20(32-35-21)16-10-17(24)12-30-11-16/h3-6,10-13,18-19H,8-9,29H2,1-2H3/t18-,19-/m0/s1. The molecule has 3 rings (SSSR count). The Bertz CT molecular complexity index is 1210. The minimum absolute atomic E-state index is 0.00594. The molecule has 0 fully saturated rings. The largest absolute Gasteiger partial charge is 0.413 e. The number of aromatic nitrogens is 3. The van der Waals surface area contributed by atoms with Gasteiger partial charge in [0.05, 0.1) is 12.1 Å². The van der Waals surface area contributed by atoms with Gasteiger partial charge in [-0.15, -0.1) is 0 Å². The van der Waals surface area contributed by atoms with Crippen LogP contribution in [0.1, 0.15) is 31.9 Å². The summed E-state index contributed by atoms with van der Waals surface area (Å²) in [6, 6.07) is 5.08. The first-order valence-electron chi connectivity index (χ1n) is 10.6. The number of amides is 1. The van der Waals surface area contributed by atoms with Crippen molar-refractivity contribution in [2.24, 2.45) is 11.7 Å². The number of alkyl halides is 3. The zero-order chi connectivity index (χ0) is 25.8. The van der Waals surface area contributed by atoms with Gasteiger partial charge in [0.25, 0.3) is 5.89 Å². The van der Waals surface area contributed by atoms with Crippen molar-refractivity contribution < 1.29 is 22.5 Å². The fourth-order valence-corrected chi connectivity index (χ4v) is 3.90. The van der Waals surface area contributed by atoms with E-state index in [0.29, 0.717) is 20.5 Å². The molecule has 184 valence electrons. The van der Waals surface area contributed by atoms with Crippen molar-refractivity contribution in [1.29, 1.82) is 5.26 Å². The maximum absolute atomic E-state index is 14.1. The Morgan fingerprint density at radius 1 is 1.23 bits per heavy atom. The first-order valence-corrected chi connectivity index (χ1v) is 11.3. The smallest absolute Gasteiger partial charge is 0.334 e. The quantitative estimate of drug-likeness (QED) is 0.396. The average molecular weight is 551 g/mol. The molecule has 1 aromatic carbocycles. The Balaban J connectivity index is 1.91. The summed E-state index contributed by atoms with van der Waals surface area (Å²) in [5.41, 5.74) is 6.61. The van der Waals surface area contributed by atoms with E-state index in [-0.39, 0.29) is 29.6 Å². The number of hydrogen-bond donors (Lipinski definition) is 1. The number of pyridine rings is 1. The van der Waals surface area contributed by atoms with Crippen LogP contribution in [0, 0.1) is 17.2 Å². The zero-order valence-electron chi connectivity index (χ0n) is 18.8. The van der Waals surface area contributed by atoms with Gasteiger partial charge in [0, 0.05) is 28.0 Å². The minimum Gasteiger partial charge on any atom is -0.334 e. The number of carbonyl (C=O) groups is 1. The molecule has 0 aliphatic carbocycles. The van der Waals surface area contributed by atoms with Crippen LogP contribution in [0.3, 0.4) is 0 Å². The molecule has 0 spiro atoms. The highest BCUT2D eigenvalue weighted by atomic mass is 79.9. The molecule has 0 unspecified atom stereocenters. The van der Waals surface area contributed by atoms with E-state index in [2.05, 4.69) is 31.1 Å². The van der Waals surface area contributed by atoms with Gasteiger partial charge in [-0.2, -0.15) is 23.4 Å². The first kappa shape index (κ1) is 26.3. The van der Waals surface area contributed by atoms with Crippen LogP contribution in [0.25, 0.3) is 22.8 Å². The normalized spacial score (nSPS) is 13.3. The van der Waals surface area contributed by atoms with Crippen LogP contribution in [0.4, 0.5) is 13.2 Å². The fraction of sp³-hybridized carbons (Fsp3) is 0.348. The van der Waals surface area contributed by atoms with Gasteiger partial charge in [-0.1, -0.05) is 31.1 Å². The van der Waals surface area contributed by atoms with Gasteiger partial charge in [0.1, 0.15) is 6.54 Å². The topological polar surface area (TPSA) is 122 Å². The van der Waals surface area contributed by atoms with Crippen LogP contribution < -0.4 is 5.73 Å². The van der Waals surface area contributed by atoms with Crippen molar-refractivity contribution in [3.8, 4) is 28.9 Å². The molecule has 0 bridgehead atoms. The second-order valence-electron chi connectivity index (χ2n) is 8.24. The number of benzene rings is 1. The van der Waals surface area contributed by atoms with E-state index in [4.69, 9.17) is 15.5 Å². The maximum Gasteiger partial charge on any atom is 0.413 e. The van der Waals surface area contributed by atoms with Gasteiger partial charge >= 0.3 is 6.18 Å². The average Bonchev–Trinajstić information content (AvgIpc) is 3.28. The van der Waals surface area contributed by atoms with Crippen LogP contribution in [0.15, 0.2) is 51.7 Å². The third-order valence-electron chi connectivity index (χ3n) is 5.05. The predicted molar refractivity (Wildman–Crippen MR) is 124 cm³/mol. The van der Waals surface area contributed by atoms with Crippen molar-refractivity contribution in [3.05, 3.63) is 52.8 Å². The lowest BCUT2D eigenvalue weighted by Gasteiger charge is -2.33. The van der Waals surface area contributed by atoms with Crippen molar-refractivity contribution in [2.75, 3.05) is 6.54 Å². The summed E-state index contributed by atoms with van der Waals surface area (Å²) in [6.07, 6.45) is -1.51. The van der Waals surface area contributed by atoms with E-state index < -0.39 is 30.7 Å². The van der Waals surface area contributed by atoms with Gasteiger partial charge in [0.2, 0.25) is 11.7 Å². The Morgan fingerprint density at radius 3 is 2.49 bits per heavy atom. The van der Waals surface area contributed by atoms with E-state index >= 15 is 0 Å². The molecular formula is C23H22BrF3N6O2. The van der Waals surface area contributed by atoms with E-state index in [0.717, 1.165) is 0 Å². The van der Waals surface area contributed by atoms with Crippen LogP contribution >= 0.6 is 15.9 Å². The molecular weight excluding hydrogens is 529 g/mol. The van der Waals surface area contributed by atoms with Gasteiger partial charge in [-0.05, 0) is 52.0 Å². The van der Waals surface area contributed by atoms with Gasteiger partial charge in [-0.3, -0.25) is 9.78 Å². The van der Waals surface area contributed by atoms with E-state index in [1.54, 1.807) is 38.4 Å². The second-order valence-corrected chi connectivity index (χ2v) is 9.16. The number of nitriles is 1. The number of hydrogen-bond acceptors (Lipinski definition) is 7. The zero-order valence-corrected chi connectivity index (χ0v) is 20.4. The lowest BCUT2D eigenvalue weighted by molar-refractivity contribution is -0.191. The molecule has 2 aromatic heterocycles. The van der Waals surface area contributed by atoms with Crippen LogP contribution in [0.2, 0.25) is 0 Å². The molecule has 3 aromatic rings. The number of nitrogens with zero attached hydrogens (tertiary/aromatic N) is 5. The highest BCUT2D eigenvalue weighted by molar-refractivity contribution is 9.10. The Kier molecular flexibility index (Phi) is 8.24. The van der Waals surface area contributed by atoms with E-state index in [1.165, 1.54) is 24.3 Å². The summed E-state index contributed by atoms with van der Waals surface area (Å²) in [7, 11) is 0. The highest BCUT2D eigenvalue weighted by Crippen LogP contribution is 2.39. The predicted octanol–water partition coefficient (Wildman–Crippen LogP) is 4.89. The molecule has 1 amide bonds. The Hall–Kier alpha value is -3.30. The van der Waals surface area contributed by atoms with Crippen molar-refractivity contribution in [2.45, 2.75) is 38.5 Å². The lowest BCUT2D eigenvalue weighted by atomic mass is 9.99. The van der Waals surface area contributed by atoms with Gasteiger partial charge in [-0.25, -0.2) is 0 Å². The van der Waals surface area contributed by atoms with Crippen molar-refractivity contribution in [1.82, 2.24) is 20.0 Å². The summed E-state index contributed by atoms with van der Waals surface area (Å²) < 4.78 is 48.3. The molecule has 8 nitrogen and oxygen atoms in total. The molecule has 0 aliphatic heterocycles. The Labute approximate surface area is 208 Å². The van der Waals surface area contributed by atoms with Gasteiger partial charge < -0.3 is 15.2 Å². The molecule has 0 saturated carbocycles. The number of rotatable bonds is 8. The van der Waals surface area contributed by atoms with Crippen LogP contribution in [-0.4, -0.2) is 44.7 Å². The van der Waals surface area contributed by atoms with Crippen LogP contribution in [-0.2, 0) is 4.79 Å². The Morgan fingerprint density at radius 2 is 1.91 bits per heavy atom. The first-order chi connectivity index (χ1) is 16.5. The number of nitrogens with two attached hydrogens (primary N) is 1. The fourth-order valence-electron chi connectivity index (χ4n) is 3.54. The summed E-state index contributed by atoms with van der Waals surface area (Å²) in [5.74, 6) is -0.584. The molecule has 2 heterocycles. The molecule has 0 saturated heterocycles. The SMILES string of the molecule is CC(C)C[C@H](N)C(=O)N(CC#N)[C@@H](c1ccc(-c2nc(-c3cncc(Br)c3)no2)cc1)C(F)(F)F. The van der Waals surface area contributed by atoms with E-state index in [1.807, 2.05) is 0 Å². The third kappa shape index (κ3) is 6.43. The number of halogens is 4. The van der Waals surface area contributed by atoms with E-state index in [9.17, 15) is 18.0 Å².